The van der Waals surface area contributed by atoms with Crippen molar-refractivity contribution in [1.82, 2.24) is 0 Å². The van der Waals surface area contributed by atoms with Gasteiger partial charge in [-0.3, -0.25) is 0 Å². The number of aryl methyl sites for hydroxylation is 4. The van der Waals surface area contributed by atoms with Crippen LogP contribution in [-0.2, 0) is 7.05 Å². The van der Waals surface area contributed by atoms with E-state index in [2.05, 4.69) is 141 Å². The Bertz CT molecular complexity index is 1410. The first-order valence-corrected chi connectivity index (χ1v) is 17.6. The van der Waals surface area contributed by atoms with E-state index in [1.165, 1.54) is 68.0 Å². The molecule has 0 spiro atoms. The lowest BCUT2D eigenvalue weighted by molar-refractivity contribution is -0.659. The molecule has 0 atom stereocenters. The fourth-order valence-electron chi connectivity index (χ4n) is 7.34. The molecule has 206 valence electrons. The van der Waals surface area contributed by atoms with Crippen molar-refractivity contribution < 1.29 is 4.57 Å². The summed E-state index contributed by atoms with van der Waals surface area (Å²) in [6.45, 7) is 21.2. The van der Waals surface area contributed by atoms with Crippen LogP contribution in [0.3, 0.4) is 0 Å². The molecular formula is C37H50NSi+. The SMILES string of the molecule is Cc1cc(-c2c(C)cccc2C)ccc1-c1c2ccc([Si](CC(C)C)(CC(C)C)CC(C)C)cc2cc[n+]1C. The zero-order valence-electron chi connectivity index (χ0n) is 26.2. The van der Waals surface area contributed by atoms with Gasteiger partial charge in [0, 0.05) is 11.6 Å². The lowest BCUT2D eigenvalue weighted by Crippen LogP contribution is -2.50. The Kier molecular flexibility index (Phi) is 8.86. The molecule has 1 nitrogen and oxygen atoms in total. The van der Waals surface area contributed by atoms with Crippen molar-refractivity contribution in [2.75, 3.05) is 0 Å². The molecule has 2 heteroatoms. The molecule has 0 N–H and O–H groups in total. The summed E-state index contributed by atoms with van der Waals surface area (Å²) in [6.07, 6.45) is 2.26. The fourth-order valence-corrected chi connectivity index (χ4v) is 14.1. The highest BCUT2D eigenvalue weighted by atomic mass is 28.3. The number of aromatic nitrogens is 1. The maximum atomic E-state index is 2.58. The van der Waals surface area contributed by atoms with Crippen LogP contribution in [0, 0.1) is 38.5 Å². The number of pyridine rings is 1. The van der Waals surface area contributed by atoms with E-state index in [0.717, 1.165) is 17.8 Å². The molecule has 4 rings (SSSR count). The largest absolute Gasteiger partial charge is 0.220 e. The van der Waals surface area contributed by atoms with Gasteiger partial charge in [-0.25, -0.2) is 4.57 Å². The topological polar surface area (TPSA) is 3.88 Å². The molecular weight excluding hydrogens is 487 g/mol. The van der Waals surface area contributed by atoms with Crippen LogP contribution in [0.5, 0.6) is 0 Å². The molecule has 0 aliphatic rings. The van der Waals surface area contributed by atoms with Gasteiger partial charge in [0.25, 0.3) is 0 Å². The van der Waals surface area contributed by atoms with E-state index in [1.54, 1.807) is 5.19 Å². The first-order valence-electron chi connectivity index (χ1n) is 15.0. The second kappa shape index (κ2) is 11.8. The quantitative estimate of drug-likeness (QED) is 0.148. The molecule has 1 heterocycles. The van der Waals surface area contributed by atoms with Crippen molar-refractivity contribution in [3.05, 3.63) is 83.6 Å². The number of fused-ring (bicyclic) bond motifs is 1. The third kappa shape index (κ3) is 6.22. The smallest absolute Gasteiger partial charge is 0.200 e. The highest BCUT2D eigenvalue weighted by molar-refractivity contribution is 6.92. The molecule has 0 fully saturated rings. The molecule has 0 bridgehead atoms. The summed E-state index contributed by atoms with van der Waals surface area (Å²) >= 11 is 0. The van der Waals surface area contributed by atoms with E-state index in [9.17, 15) is 0 Å². The highest BCUT2D eigenvalue weighted by Crippen LogP contribution is 2.36. The molecule has 0 unspecified atom stereocenters. The molecule has 3 aromatic carbocycles. The Morgan fingerprint density at radius 1 is 0.667 bits per heavy atom. The van der Waals surface area contributed by atoms with Crippen molar-refractivity contribution in [2.24, 2.45) is 24.8 Å². The van der Waals surface area contributed by atoms with Crippen LogP contribution in [0.1, 0.15) is 58.2 Å². The van der Waals surface area contributed by atoms with Crippen molar-refractivity contribution in [1.29, 1.82) is 0 Å². The van der Waals surface area contributed by atoms with E-state index >= 15 is 0 Å². The van der Waals surface area contributed by atoms with Gasteiger partial charge < -0.3 is 0 Å². The third-order valence-corrected chi connectivity index (χ3v) is 14.7. The van der Waals surface area contributed by atoms with Gasteiger partial charge in [-0.15, -0.1) is 0 Å². The van der Waals surface area contributed by atoms with Crippen LogP contribution in [0.2, 0.25) is 18.1 Å². The average molecular weight is 537 g/mol. The maximum Gasteiger partial charge on any atom is 0.220 e. The minimum Gasteiger partial charge on any atom is -0.200 e. The van der Waals surface area contributed by atoms with Gasteiger partial charge in [-0.1, -0.05) is 107 Å². The van der Waals surface area contributed by atoms with E-state index < -0.39 is 8.07 Å². The number of hydrogen-bond donors (Lipinski definition) is 0. The fraction of sp³-hybridized carbons (Fsp3) is 0.432. The average Bonchev–Trinajstić information content (AvgIpc) is 2.83. The zero-order valence-corrected chi connectivity index (χ0v) is 27.2. The summed E-state index contributed by atoms with van der Waals surface area (Å²) in [5.74, 6) is 2.19. The lowest BCUT2D eigenvalue weighted by Gasteiger charge is -2.37. The molecule has 0 amide bonds. The Labute approximate surface area is 239 Å². The predicted octanol–water partition coefficient (Wildman–Crippen LogP) is 9.55. The number of rotatable bonds is 9. The van der Waals surface area contributed by atoms with Crippen LogP contribution in [0.15, 0.2) is 66.9 Å². The molecule has 0 aliphatic carbocycles. The monoisotopic (exact) mass is 536 g/mol. The summed E-state index contributed by atoms with van der Waals surface area (Å²) in [7, 11) is 0.529. The lowest BCUT2D eigenvalue weighted by atomic mass is 9.92. The predicted molar refractivity (Wildman–Crippen MR) is 175 cm³/mol. The summed E-state index contributed by atoms with van der Waals surface area (Å²) in [5.41, 5.74) is 9.30. The van der Waals surface area contributed by atoms with Gasteiger partial charge in [-0.05, 0) is 83.9 Å². The summed E-state index contributed by atoms with van der Waals surface area (Å²) in [5, 5.41) is 4.40. The number of benzene rings is 3. The maximum absolute atomic E-state index is 2.58. The molecule has 1 aromatic heterocycles. The minimum absolute atomic E-state index is 0.729. The Morgan fingerprint density at radius 3 is 1.79 bits per heavy atom. The number of nitrogens with zero attached hydrogens (tertiary/aromatic N) is 1. The van der Waals surface area contributed by atoms with E-state index in [1.807, 2.05) is 0 Å². The summed E-state index contributed by atoms with van der Waals surface area (Å²) in [6, 6.07) is 27.6. The molecule has 0 radical (unpaired) electrons. The first kappa shape index (κ1) is 29.3. The highest BCUT2D eigenvalue weighted by Gasteiger charge is 2.37. The Balaban J connectivity index is 1.86. The van der Waals surface area contributed by atoms with Crippen molar-refractivity contribution in [3.8, 4) is 22.4 Å². The van der Waals surface area contributed by atoms with Gasteiger partial charge in [-0.2, -0.15) is 0 Å². The molecule has 4 aromatic rings. The summed E-state index contributed by atoms with van der Waals surface area (Å²) < 4.78 is 2.31. The molecule has 0 aliphatic heterocycles. The summed E-state index contributed by atoms with van der Waals surface area (Å²) in [4.78, 5) is 0. The van der Waals surface area contributed by atoms with Gasteiger partial charge in [0.05, 0.1) is 13.5 Å². The van der Waals surface area contributed by atoms with Crippen LogP contribution in [0.4, 0.5) is 0 Å². The molecule has 39 heavy (non-hydrogen) atoms. The minimum atomic E-state index is -1.66. The van der Waals surface area contributed by atoms with Crippen LogP contribution < -0.4 is 9.75 Å². The van der Waals surface area contributed by atoms with Crippen LogP contribution >= 0.6 is 0 Å². The second-order valence-corrected chi connectivity index (χ2v) is 17.8. The van der Waals surface area contributed by atoms with Gasteiger partial charge in [0.2, 0.25) is 5.69 Å². The molecule has 0 saturated heterocycles. The second-order valence-electron chi connectivity index (χ2n) is 13.4. The third-order valence-electron chi connectivity index (χ3n) is 8.40. The van der Waals surface area contributed by atoms with Crippen molar-refractivity contribution in [3.63, 3.8) is 0 Å². The van der Waals surface area contributed by atoms with E-state index in [4.69, 9.17) is 0 Å². The Morgan fingerprint density at radius 2 is 1.26 bits per heavy atom. The van der Waals surface area contributed by atoms with Crippen LogP contribution in [-0.4, -0.2) is 8.07 Å². The van der Waals surface area contributed by atoms with Crippen LogP contribution in [0.25, 0.3) is 33.2 Å². The van der Waals surface area contributed by atoms with Gasteiger partial charge in [0.15, 0.2) is 6.20 Å². The Hall–Kier alpha value is -2.71. The first-order chi connectivity index (χ1) is 18.4. The van der Waals surface area contributed by atoms with Crippen molar-refractivity contribution in [2.45, 2.75) is 80.4 Å². The standard InChI is InChI=1S/C37H50NSi/c1-25(2)22-39(23-26(3)4,24-27(5)6)33-15-17-35-31(21-33)18-19-38(10)37(35)34-16-14-32(20-30(34)9)36-28(7)12-11-13-29(36)8/h11-21,25-27H,22-24H2,1-10H3/q+1. The molecule has 0 saturated carbocycles. The van der Waals surface area contributed by atoms with E-state index in [0.29, 0.717) is 0 Å². The number of hydrogen-bond acceptors (Lipinski definition) is 0. The normalized spacial score (nSPS) is 12.3. The van der Waals surface area contributed by atoms with E-state index in [-0.39, 0.29) is 0 Å². The van der Waals surface area contributed by atoms with Crippen molar-refractivity contribution >= 4 is 24.0 Å². The van der Waals surface area contributed by atoms with Gasteiger partial charge >= 0.3 is 0 Å². The van der Waals surface area contributed by atoms with Gasteiger partial charge in [0.1, 0.15) is 7.05 Å². The zero-order chi connectivity index (χ0) is 28.5.